The molecule has 2 aliphatic heterocycles. The first kappa shape index (κ1) is 21.4. The standard InChI is InChI=1S/C18H29N3OS.2ClH/c1-21(13-17-20-15-4-2-3-5-16(15)23-17)14-6-11-22-18(12-14)7-9-19-10-8-18;;/h14,19H,2-13H2,1H3;2*1H. The van der Waals surface area contributed by atoms with Crippen LogP contribution < -0.4 is 5.32 Å². The summed E-state index contributed by atoms with van der Waals surface area (Å²) in [5.41, 5.74) is 1.54. The molecule has 0 saturated carbocycles. The number of piperidine rings is 1. The van der Waals surface area contributed by atoms with E-state index in [1.807, 2.05) is 11.3 Å². The minimum Gasteiger partial charge on any atom is -0.375 e. The number of ether oxygens (including phenoxy) is 1. The number of aryl methyl sites for hydroxylation is 2. The maximum atomic E-state index is 6.22. The highest BCUT2D eigenvalue weighted by molar-refractivity contribution is 7.11. The number of hydrogen-bond acceptors (Lipinski definition) is 5. The summed E-state index contributed by atoms with van der Waals surface area (Å²) in [7, 11) is 2.28. The Bertz CT molecular complexity index is 519. The van der Waals surface area contributed by atoms with Crippen LogP contribution >= 0.6 is 36.2 Å². The smallest absolute Gasteiger partial charge is 0.107 e. The molecule has 2 fully saturated rings. The largest absolute Gasteiger partial charge is 0.375 e. The molecule has 3 heterocycles. The van der Waals surface area contributed by atoms with Crippen molar-refractivity contribution in [1.29, 1.82) is 0 Å². The van der Waals surface area contributed by atoms with Crippen molar-refractivity contribution in [3.63, 3.8) is 0 Å². The van der Waals surface area contributed by atoms with Gasteiger partial charge in [0.1, 0.15) is 5.01 Å². The van der Waals surface area contributed by atoms with Crippen LogP contribution in [0.5, 0.6) is 0 Å². The molecule has 7 heteroatoms. The number of nitrogens with one attached hydrogen (secondary N) is 1. The van der Waals surface area contributed by atoms with Gasteiger partial charge in [-0.15, -0.1) is 36.2 Å². The number of nitrogens with zero attached hydrogens (tertiary/aromatic N) is 2. The maximum Gasteiger partial charge on any atom is 0.107 e. The van der Waals surface area contributed by atoms with E-state index >= 15 is 0 Å². The van der Waals surface area contributed by atoms with Crippen molar-refractivity contribution in [3.8, 4) is 0 Å². The lowest BCUT2D eigenvalue weighted by atomic mass is 9.82. The van der Waals surface area contributed by atoms with Crippen molar-refractivity contribution in [3.05, 3.63) is 15.6 Å². The molecule has 3 aliphatic rings. The third kappa shape index (κ3) is 4.88. The van der Waals surface area contributed by atoms with Gasteiger partial charge in [-0.1, -0.05) is 0 Å². The third-order valence-corrected chi connectivity index (χ3v) is 7.02. The normalized spacial score (nSPS) is 25.1. The number of hydrogen-bond donors (Lipinski definition) is 1. The van der Waals surface area contributed by atoms with E-state index in [4.69, 9.17) is 9.72 Å². The molecule has 0 aromatic carbocycles. The Labute approximate surface area is 167 Å². The summed E-state index contributed by atoms with van der Waals surface area (Å²) in [5, 5.41) is 4.79. The second-order valence-corrected chi connectivity index (χ2v) is 8.70. The first-order valence-corrected chi connectivity index (χ1v) is 10.1. The van der Waals surface area contributed by atoms with E-state index in [9.17, 15) is 0 Å². The van der Waals surface area contributed by atoms with E-state index < -0.39 is 0 Å². The molecule has 1 aliphatic carbocycles. The molecule has 1 unspecified atom stereocenters. The second-order valence-electron chi connectivity index (χ2n) is 7.53. The van der Waals surface area contributed by atoms with Crippen molar-refractivity contribution in [2.24, 2.45) is 0 Å². The Hall–Kier alpha value is 0.0900. The van der Waals surface area contributed by atoms with Gasteiger partial charge in [0.25, 0.3) is 0 Å². The molecule has 25 heavy (non-hydrogen) atoms. The summed E-state index contributed by atoms with van der Waals surface area (Å²) >= 11 is 1.96. The van der Waals surface area contributed by atoms with Gasteiger partial charge in [-0.2, -0.15) is 0 Å². The van der Waals surface area contributed by atoms with E-state index in [1.165, 1.54) is 55.6 Å². The zero-order valence-corrected chi connectivity index (χ0v) is 17.5. The van der Waals surface area contributed by atoms with Gasteiger partial charge < -0.3 is 10.1 Å². The highest BCUT2D eigenvalue weighted by Crippen LogP contribution is 2.35. The van der Waals surface area contributed by atoms with Gasteiger partial charge in [0, 0.05) is 17.5 Å². The van der Waals surface area contributed by atoms with Gasteiger partial charge in [-0.25, -0.2) is 4.98 Å². The van der Waals surface area contributed by atoms with E-state index in [2.05, 4.69) is 17.3 Å². The van der Waals surface area contributed by atoms with E-state index in [-0.39, 0.29) is 30.4 Å². The summed E-state index contributed by atoms with van der Waals surface area (Å²) in [6.45, 7) is 4.14. The average Bonchev–Trinajstić information content (AvgIpc) is 2.98. The summed E-state index contributed by atoms with van der Waals surface area (Å²) in [5.74, 6) is 0. The molecular weight excluding hydrogens is 377 g/mol. The zero-order chi connectivity index (χ0) is 15.7. The Morgan fingerprint density at radius 3 is 2.76 bits per heavy atom. The second kappa shape index (κ2) is 9.34. The molecule has 1 N–H and O–H groups in total. The van der Waals surface area contributed by atoms with Crippen LogP contribution in [0.3, 0.4) is 0 Å². The fourth-order valence-corrected chi connectivity index (χ4v) is 5.64. The number of fused-ring (bicyclic) bond motifs is 1. The minimum absolute atomic E-state index is 0. The van der Waals surface area contributed by atoms with Gasteiger partial charge in [-0.3, -0.25) is 4.90 Å². The quantitative estimate of drug-likeness (QED) is 0.830. The highest BCUT2D eigenvalue weighted by atomic mass is 35.5. The van der Waals surface area contributed by atoms with Crippen LogP contribution in [-0.4, -0.2) is 48.3 Å². The predicted molar refractivity (Wildman–Crippen MR) is 109 cm³/mol. The molecule has 1 spiro atoms. The Kier molecular flexibility index (Phi) is 7.99. The van der Waals surface area contributed by atoms with Gasteiger partial charge in [0.15, 0.2) is 0 Å². The summed E-state index contributed by atoms with van der Waals surface area (Å²) < 4.78 is 6.22. The number of thiazole rings is 1. The highest BCUT2D eigenvalue weighted by Gasteiger charge is 2.39. The van der Waals surface area contributed by atoms with Crippen LogP contribution in [-0.2, 0) is 24.1 Å². The van der Waals surface area contributed by atoms with Gasteiger partial charge >= 0.3 is 0 Å². The van der Waals surface area contributed by atoms with Crippen LogP contribution in [0.15, 0.2) is 0 Å². The lowest BCUT2D eigenvalue weighted by Crippen LogP contribution is -2.52. The van der Waals surface area contributed by atoms with Crippen molar-refractivity contribution < 1.29 is 4.74 Å². The summed E-state index contributed by atoms with van der Waals surface area (Å²) in [4.78, 5) is 9.02. The number of aromatic nitrogens is 1. The first-order chi connectivity index (χ1) is 11.2. The van der Waals surface area contributed by atoms with Gasteiger partial charge in [0.2, 0.25) is 0 Å². The van der Waals surface area contributed by atoms with Crippen molar-refractivity contribution in [2.45, 2.75) is 69.6 Å². The van der Waals surface area contributed by atoms with Crippen LogP contribution in [0, 0.1) is 0 Å². The molecule has 1 aromatic rings. The Balaban J connectivity index is 0.00000113. The SMILES string of the molecule is CN(Cc1nc2c(s1)CCCC2)C1CCOC2(CCNCC2)C1.Cl.Cl. The summed E-state index contributed by atoms with van der Waals surface area (Å²) in [6, 6.07) is 0.641. The van der Waals surface area contributed by atoms with Gasteiger partial charge in [-0.05, 0) is 71.5 Å². The average molecular weight is 408 g/mol. The van der Waals surface area contributed by atoms with E-state index in [0.29, 0.717) is 6.04 Å². The molecular formula is C18H31Cl2N3OS. The lowest BCUT2D eigenvalue weighted by Gasteiger charge is -2.45. The molecule has 1 aromatic heterocycles. The van der Waals surface area contributed by atoms with E-state index in [0.717, 1.165) is 32.7 Å². The molecule has 0 bridgehead atoms. The fourth-order valence-electron chi connectivity index (χ4n) is 4.42. The first-order valence-electron chi connectivity index (χ1n) is 9.26. The molecule has 4 nitrogen and oxygen atoms in total. The monoisotopic (exact) mass is 407 g/mol. The Morgan fingerprint density at radius 1 is 1.24 bits per heavy atom. The fraction of sp³-hybridized carbons (Fsp3) is 0.833. The van der Waals surface area contributed by atoms with Crippen LogP contribution in [0.1, 0.15) is 54.1 Å². The van der Waals surface area contributed by atoms with Crippen molar-refractivity contribution in [1.82, 2.24) is 15.2 Å². The Morgan fingerprint density at radius 2 is 2.00 bits per heavy atom. The van der Waals surface area contributed by atoms with Crippen molar-refractivity contribution in [2.75, 3.05) is 26.7 Å². The molecule has 2 saturated heterocycles. The number of halogens is 2. The zero-order valence-electron chi connectivity index (χ0n) is 15.1. The summed E-state index contributed by atoms with van der Waals surface area (Å²) in [6.07, 6.45) is 9.81. The third-order valence-electron chi connectivity index (χ3n) is 5.88. The lowest BCUT2D eigenvalue weighted by molar-refractivity contribution is -0.119. The van der Waals surface area contributed by atoms with Crippen LogP contribution in [0.25, 0.3) is 0 Å². The van der Waals surface area contributed by atoms with Crippen molar-refractivity contribution >= 4 is 36.2 Å². The molecule has 144 valence electrons. The molecule has 0 amide bonds. The predicted octanol–water partition coefficient (Wildman–Crippen LogP) is 3.60. The van der Waals surface area contributed by atoms with E-state index in [1.54, 1.807) is 4.88 Å². The maximum absolute atomic E-state index is 6.22. The molecule has 1 atom stereocenters. The van der Waals surface area contributed by atoms with Crippen LogP contribution in [0.4, 0.5) is 0 Å². The van der Waals surface area contributed by atoms with Crippen LogP contribution in [0.2, 0.25) is 0 Å². The molecule has 4 rings (SSSR count). The minimum atomic E-state index is 0. The van der Waals surface area contributed by atoms with Gasteiger partial charge in [0.05, 0.1) is 17.8 Å². The number of rotatable bonds is 3. The topological polar surface area (TPSA) is 37.4 Å². The molecule has 0 radical (unpaired) electrons.